The summed E-state index contributed by atoms with van der Waals surface area (Å²) in [4.78, 5) is 22.2. The molecule has 1 amide bonds. The second-order valence-corrected chi connectivity index (χ2v) is 9.83. The molecule has 1 aromatic carbocycles. The summed E-state index contributed by atoms with van der Waals surface area (Å²) in [6, 6.07) is 10.5. The molecular weight excluding hydrogens is 448 g/mol. The number of carbonyl (C=O) groups is 1. The van der Waals surface area contributed by atoms with Crippen LogP contribution in [0.25, 0.3) is 11.1 Å². The number of rotatable bonds is 7. The van der Waals surface area contributed by atoms with E-state index in [4.69, 9.17) is 4.74 Å². The van der Waals surface area contributed by atoms with E-state index in [0.717, 1.165) is 84.0 Å². The predicted octanol–water partition coefficient (Wildman–Crippen LogP) is 5.79. The molecule has 4 rings (SSSR count). The lowest BCUT2D eigenvalue weighted by Crippen LogP contribution is -2.50. The molecule has 1 aromatic heterocycles. The SMILES string of the molecule is COC1=CCCC=C1/C(C)=C/Nc1ncc(-c2cccc(C(=O)N3CCN(C(C)C)CC3)c2)cc1C. The van der Waals surface area contributed by atoms with E-state index in [-0.39, 0.29) is 5.91 Å². The van der Waals surface area contributed by atoms with E-state index in [1.54, 1.807) is 7.11 Å². The third kappa shape index (κ3) is 5.88. The number of anilines is 1. The maximum atomic E-state index is 13.2. The van der Waals surface area contributed by atoms with E-state index < -0.39 is 0 Å². The molecule has 36 heavy (non-hydrogen) atoms. The van der Waals surface area contributed by atoms with Crippen LogP contribution in [0.2, 0.25) is 0 Å². The van der Waals surface area contributed by atoms with Crippen molar-refractivity contribution in [1.82, 2.24) is 14.8 Å². The van der Waals surface area contributed by atoms with Crippen molar-refractivity contribution in [3.05, 3.63) is 82.9 Å². The number of benzene rings is 1. The molecule has 190 valence electrons. The number of methoxy groups -OCH3 is 1. The molecule has 1 aliphatic carbocycles. The molecule has 1 aliphatic heterocycles. The van der Waals surface area contributed by atoms with Crippen molar-refractivity contribution in [2.24, 2.45) is 0 Å². The van der Waals surface area contributed by atoms with E-state index in [2.05, 4.69) is 54.2 Å². The highest BCUT2D eigenvalue weighted by Crippen LogP contribution is 2.27. The average molecular weight is 487 g/mol. The second-order valence-electron chi connectivity index (χ2n) is 9.83. The number of aromatic nitrogens is 1. The monoisotopic (exact) mass is 486 g/mol. The van der Waals surface area contributed by atoms with Gasteiger partial charge in [0.25, 0.3) is 5.91 Å². The van der Waals surface area contributed by atoms with Gasteiger partial charge in [0.1, 0.15) is 11.6 Å². The Balaban J connectivity index is 1.45. The van der Waals surface area contributed by atoms with Crippen LogP contribution in [0.4, 0.5) is 5.82 Å². The summed E-state index contributed by atoms with van der Waals surface area (Å²) in [5.41, 5.74) is 5.99. The van der Waals surface area contributed by atoms with Gasteiger partial charge in [-0.3, -0.25) is 9.69 Å². The Labute approximate surface area is 215 Å². The zero-order valence-corrected chi connectivity index (χ0v) is 22.2. The highest BCUT2D eigenvalue weighted by atomic mass is 16.5. The Kier molecular flexibility index (Phi) is 8.26. The first-order chi connectivity index (χ1) is 17.4. The van der Waals surface area contributed by atoms with Crippen LogP contribution < -0.4 is 5.32 Å². The number of piperazine rings is 1. The number of ether oxygens (including phenoxy) is 1. The van der Waals surface area contributed by atoms with Crippen LogP contribution >= 0.6 is 0 Å². The van der Waals surface area contributed by atoms with Gasteiger partial charge in [-0.05, 0) is 81.5 Å². The molecule has 6 nitrogen and oxygen atoms in total. The van der Waals surface area contributed by atoms with E-state index in [9.17, 15) is 4.79 Å². The number of allylic oxidation sites excluding steroid dienone is 3. The molecule has 1 saturated heterocycles. The minimum Gasteiger partial charge on any atom is -0.496 e. The van der Waals surface area contributed by atoms with Gasteiger partial charge < -0.3 is 15.0 Å². The molecule has 1 fully saturated rings. The molecule has 0 bridgehead atoms. The van der Waals surface area contributed by atoms with Crippen LogP contribution in [0, 0.1) is 6.92 Å². The zero-order valence-electron chi connectivity index (χ0n) is 22.2. The molecule has 2 heterocycles. The second kappa shape index (κ2) is 11.6. The van der Waals surface area contributed by atoms with Gasteiger partial charge in [0.2, 0.25) is 0 Å². The minimum absolute atomic E-state index is 0.102. The Morgan fingerprint density at radius 2 is 1.83 bits per heavy atom. The molecule has 6 heteroatoms. The van der Waals surface area contributed by atoms with Crippen LogP contribution in [-0.2, 0) is 4.74 Å². The third-order valence-electron chi connectivity index (χ3n) is 7.03. The smallest absolute Gasteiger partial charge is 0.253 e. The lowest BCUT2D eigenvalue weighted by Gasteiger charge is -2.37. The van der Waals surface area contributed by atoms with E-state index in [0.29, 0.717) is 6.04 Å². The first kappa shape index (κ1) is 25.7. The molecule has 2 aliphatic rings. The van der Waals surface area contributed by atoms with Crippen LogP contribution in [0.3, 0.4) is 0 Å². The topological polar surface area (TPSA) is 57.7 Å². The number of aryl methyl sites for hydroxylation is 1. The van der Waals surface area contributed by atoms with Crippen molar-refractivity contribution in [2.45, 2.75) is 46.6 Å². The van der Waals surface area contributed by atoms with E-state index in [1.807, 2.05) is 48.5 Å². The van der Waals surface area contributed by atoms with Crippen LogP contribution in [0.5, 0.6) is 0 Å². The summed E-state index contributed by atoms with van der Waals surface area (Å²) in [6.45, 7) is 11.9. The fraction of sp³-hybridized carbons (Fsp3) is 0.400. The number of carbonyl (C=O) groups excluding carboxylic acids is 1. The van der Waals surface area contributed by atoms with Crippen LogP contribution in [0.15, 0.2) is 71.8 Å². The highest BCUT2D eigenvalue weighted by molar-refractivity contribution is 5.95. The molecule has 0 atom stereocenters. The molecular formula is C30H38N4O2. The minimum atomic E-state index is 0.102. The van der Waals surface area contributed by atoms with Gasteiger partial charge in [0, 0.05) is 61.3 Å². The molecule has 0 radical (unpaired) electrons. The number of pyridine rings is 1. The summed E-state index contributed by atoms with van der Waals surface area (Å²) < 4.78 is 5.52. The fourth-order valence-corrected chi connectivity index (χ4v) is 4.80. The van der Waals surface area contributed by atoms with Gasteiger partial charge in [-0.25, -0.2) is 4.98 Å². The maximum absolute atomic E-state index is 13.2. The quantitative estimate of drug-likeness (QED) is 0.537. The maximum Gasteiger partial charge on any atom is 0.253 e. The van der Waals surface area contributed by atoms with Crippen LogP contribution in [-0.4, -0.2) is 60.0 Å². The Morgan fingerprint density at radius 1 is 1.08 bits per heavy atom. The summed E-state index contributed by atoms with van der Waals surface area (Å²) >= 11 is 0. The van der Waals surface area contributed by atoms with Crippen LogP contribution in [0.1, 0.15) is 49.5 Å². The van der Waals surface area contributed by atoms with Gasteiger partial charge in [-0.15, -0.1) is 0 Å². The Morgan fingerprint density at radius 3 is 2.53 bits per heavy atom. The average Bonchev–Trinajstić information content (AvgIpc) is 2.91. The third-order valence-corrected chi connectivity index (χ3v) is 7.03. The predicted molar refractivity (Wildman–Crippen MR) is 147 cm³/mol. The summed E-state index contributed by atoms with van der Waals surface area (Å²) in [7, 11) is 1.71. The first-order valence-electron chi connectivity index (χ1n) is 12.9. The number of nitrogens with one attached hydrogen (secondary N) is 1. The van der Waals surface area contributed by atoms with Crippen molar-refractivity contribution < 1.29 is 9.53 Å². The fourth-order valence-electron chi connectivity index (χ4n) is 4.80. The first-order valence-corrected chi connectivity index (χ1v) is 12.9. The van der Waals surface area contributed by atoms with Crippen molar-refractivity contribution in [3.8, 4) is 11.1 Å². The molecule has 0 saturated carbocycles. The lowest BCUT2D eigenvalue weighted by molar-refractivity contribution is 0.0595. The van der Waals surface area contributed by atoms with E-state index >= 15 is 0 Å². The normalized spacial score (nSPS) is 17.1. The number of amides is 1. The number of hydrogen-bond donors (Lipinski definition) is 1. The number of hydrogen-bond acceptors (Lipinski definition) is 5. The Bertz CT molecular complexity index is 1190. The van der Waals surface area contributed by atoms with Crippen molar-refractivity contribution in [1.29, 1.82) is 0 Å². The van der Waals surface area contributed by atoms with Crippen molar-refractivity contribution in [2.75, 3.05) is 38.6 Å². The molecule has 0 spiro atoms. The van der Waals surface area contributed by atoms with Crippen molar-refractivity contribution >= 4 is 11.7 Å². The molecule has 1 N–H and O–H groups in total. The van der Waals surface area contributed by atoms with Gasteiger partial charge in [0.05, 0.1) is 7.11 Å². The summed E-state index contributed by atoms with van der Waals surface area (Å²) in [5, 5.41) is 3.36. The molecule has 0 unspecified atom stereocenters. The highest BCUT2D eigenvalue weighted by Gasteiger charge is 2.23. The largest absolute Gasteiger partial charge is 0.496 e. The standard InChI is InChI=1S/C30H38N4O2/c1-21(2)33-13-15-34(16-14-33)30(35)25-10-8-9-24(18-25)26-17-22(3)29(32-20-26)31-19-23(4)27-11-6-7-12-28(27)36-5/h8-12,17-21H,6-7,13-16H2,1-5H3,(H,31,32)/b23-19+. The number of nitrogens with zero attached hydrogens (tertiary/aromatic N) is 3. The van der Waals surface area contributed by atoms with E-state index in [1.165, 1.54) is 0 Å². The zero-order chi connectivity index (χ0) is 25.7. The van der Waals surface area contributed by atoms with Gasteiger partial charge in [-0.1, -0.05) is 18.2 Å². The lowest BCUT2D eigenvalue weighted by atomic mass is 9.99. The summed E-state index contributed by atoms with van der Waals surface area (Å²) in [5.74, 6) is 1.84. The Hall–Kier alpha value is -3.38. The summed E-state index contributed by atoms with van der Waals surface area (Å²) in [6.07, 6.45) is 10.2. The molecule has 2 aromatic rings. The van der Waals surface area contributed by atoms with Gasteiger partial charge >= 0.3 is 0 Å². The van der Waals surface area contributed by atoms with Crippen molar-refractivity contribution in [3.63, 3.8) is 0 Å². The van der Waals surface area contributed by atoms with Gasteiger partial charge in [0.15, 0.2) is 0 Å². The van der Waals surface area contributed by atoms with Gasteiger partial charge in [-0.2, -0.15) is 0 Å².